The number of nitrogens with zero attached hydrogens (tertiary/aromatic N) is 2. The summed E-state index contributed by atoms with van der Waals surface area (Å²) in [5, 5.41) is 16.1. The molecule has 0 fully saturated rings. The summed E-state index contributed by atoms with van der Waals surface area (Å²) in [7, 11) is 0. The van der Waals surface area contributed by atoms with E-state index < -0.39 is 0 Å². The van der Waals surface area contributed by atoms with Crippen LogP contribution in [0.3, 0.4) is 0 Å². The van der Waals surface area contributed by atoms with Crippen molar-refractivity contribution in [2.75, 3.05) is 6.61 Å². The molecular formula is C7H10N2O. The van der Waals surface area contributed by atoms with E-state index in [0.717, 1.165) is 19.3 Å². The van der Waals surface area contributed by atoms with Crippen molar-refractivity contribution in [2.24, 2.45) is 0 Å². The highest BCUT2D eigenvalue weighted by molar-refractivity contribution is 4.67. The van der Waals surface area contributed by atoms with Crippen LogP contribution in [0, 0.1) is 22.8 Å². The first kappa shape index (κ1) is 8.78. The van der Waals surface area contributed by atoms with Gasteiger partial charge in [-0.3, -0.25) is 0 Å². The molecule has 0 aliphatic rings. The predicted molar refractivity (Wildman–Crippen MR) is 35.6 cm³/mol. The minimum atomic E-state index is 0.488. The van der Waals surface area contributed by atoms with Gasteiger partial charge in [-0.05, 0) is 19.3 Å². The second-order valence-electron chi connectivity index (χ2n) is 1.91. The lowest BCUT2D eigenvalue weighted by molar-refractivity contribution is 0.261. The van der Waals surface area contributed by atoms with Crippen LogP contribution in [0.2, 0.25) is 0 Å². The minimum absolute atomic E-state index is 0.488. The molecule has 0 radical (unpaired) electrons. The molecule has 0 saturated carbocycles. The summed E-state index contributed by atoms with van der Waals surface area (Å²) in [6.07, 6.45) is 4.94. The molecule has 3 nitrogen and oxygen atoms in total. The summed E-state index contributed by atoms with van der Waals surface area (Å²) < 4.78 is 4.44. The van der Waals surface area contributed by atoms with E-state index in [4.69, 9.17) is 10.5 Å². The van der Waals surface area contributed by atoms with Gasteiger partial charge >= 0.3 is 0 Å². The highest BCUT2D eigenvalue weighted by Gasteiger charge is 1.87. The molecule has 0 aliphatic heterocycles. The number of nitriles is 2. The molecule has 0 heterocycles. The van der Waals surface area contributed by atoms with Crippen molar-refractivity contribution in [1.29, 1.82) is 10.5 Å². The lowest BCUT2D eigenvalue weighted by Gasteiger charge is -1.93. The van der Waals surface area contributed by atoms with E-state index in [1.807, 2.05) is 0 Å². The van der Waals surface area contributed by atoms with Gasteiger partial charge in [0.25, 0.3) is 6.26 Å². The Hall–Kier alpha value is -1.22. The quantitative estimate of drug-likeness (QED) is 0.428. The smallest absolute Gasteiger partial charge is 0.286 e. The SMILES string of the molecule is N#CCCCCCOC#N. The van der Waals surface area contributed by atoms with E-state index in [1.54, 1.807) is 6.26 Å². The summed E-state index contributed by atoms with van der Waals surface area (Å²) in [4.78, 5) is 0. The van der Waals surface area contributed by atoms with E-state index in [9.17, 15) is 0 Å². The maximum absolute atomic E-state index is 8.14. The zero-order chi connectivity index (χ0) is 7.66. The van der Waals surface area contributed by atoms with Crippen LogP contribution >= 0.6 is 0 Å². The summed E-state index contributed by atoms with van der Waals surface area (Å²) in [6.45, 7) is 0.488. The van der Waals surface area contributed by atoms with Gasteiger partial charge in [0.15, 0.2) is 0 Å². The lowest BCUT2D eigenvalue weighted by Crippen LogP contribution is -1.86. The van der Waals surface area contributed by atoms with Gasteiger partial charge in [0, 0.05) is 6.42 Å². The van der Waals surface area contributed by atoms with Crippen LogP contribution in [0.1, 0.15) is 25.7 Å². The monoisotopic (exact) mass is 138 g/mol. The average Bonchev–Trinajstić information content (AvgIpc) is 1.97. The number of ether oxygens (including phenoxy) is 1. The maximum Gasteiger partial charge on any atom is 0.286 e. The van der Waals surface area contributed by atoms with Crippen LogP contribution in [-0.4, -0.2) is 6.61 Å². The Balaban J connectivity index is 2.80. The van der Waals surface area contributed by atoms with Crippen molar-refractivity contribution < 1.29 is 4.74 Å². The van der Waals surface area contributed by atoms with Gasteiger partial charge in [0.2, 0.25) is 0 Å². The predicted octanol–water partition coefficient (Wildman–Crippen LogP) is 1.57. The zero-order valence-electron chi connectivity index (χ0n) is 5.84. The largest absolute Gasteiger partial charge is 0.428 e. The Bertz CT molecular complexity index is 125. The Morgan fingerprint density at radius 2 is 1.90 bits per heavy atom. The van der Waals surface area contributed by atoms with Gasteiger partial charge in [-0.25, -0.2) is 0 Å². The molecule has 0 N–H and O–H groups in total. The molecule has 0 spiro atoms. The van der Waals surface area contributed by atoms with Gasteiger partial charge in [-0.15, -0.1) is 0 Å². The summed E-state index contributed by atoms with van der Waals surface area (Å²) in [5.41, 5.74) is 0. The van der Waals surface area contributed by atoms with Crippen molar-refractivity contribution in [2.45, 2.75) is 25.7 Å². The zero-order valence-corrected chi connectivity index (χ0v) is 5.84. The van der Waals surface area contributed by atoms with E-state index in [1.165, 1.54) is 0 Å². The first-order valence-electron chi connectivity index (χ1n) is 3.29. The Kier molecular flexibility index (Phi) is 6.83. The lowest BCUT2D eigenvalue weighted by atomic mass is 10.2. The molecule has 0 atom stereocenters. The molecule has 0 saturated heterocycles. The van der Waals surface area contributed by atoms with Crippen LogP contribution < -0.4 is 0 Å². The Morgan fingerprint density at radius 1 is 1.10 bits per heavy atom. The first-order valence-corrected chi connectivity index (χ1v) is 3.29. The van der Waals surface area contributed by atoms with E-state index in [2.05, 4.69) is 10.8 Å². The van der Waals surface area contributed by atoms with Crippen molar-refractivity contribution >= 4 is 0 Å². The number of hydrogen-bond acceptors (Lipinski definition) is 3. The van der Waals surface area contributed by atoms with Crippen LogP contribution in [0.25, 0.3) is 0 Å². The molecule has 3 heteroatoms. The summed E-state index contributed by atoms with van der Waals surface area (Å²) >= 11 is 0. The minimum Gasteiger partial charge on any atom is -0.428 e. The van der Waals surface area contributed by atoms with Crippen molar-refractivity contribution in [1.82, 2.24) is 0 Å². The fraction of sp³-hybridized carbons (Fsp3) is 0.714. The molecule has 0 aromatic heterocycles. The number of rotatable bonds is 5. The van der Waals surface area contributed by atoms with Crippen LogP contribution in [0.5, 0.6) is 0 Å². The first-order chi connectivity index (χ1) is 4.91. The summed E-state index contributed by atoms with van der Waals surface area (Å²) in [6, 6.07) is 2.05. The topological polar surface area (TPSA) is 56.8 Å². The molecule has 0 bridgehead atoms. The van der Waals surface area contributed by atoms with Gasteiger partial charge < -0.3 is 4.74 Å². The third kappa shape index (κ3) is 6.78. The Morgan fingerprint density at radius 3 is 2.50 bits per heavy atom. The highest BCUT2D eigenvalue weighted by Crippen LogP contribution is 1.97. The fourth-order valence-electron chi connectivity index (χ4n) is 0.601. The van der Waals surface area contributed by atoms with Crippen LogP contribution in [0.15, 0.2) is 0 Å². The van der Waals surface area contributed by atoms with Crippen molar-refractivity contribution in [3.63, 3.8) is 0 Å². The van der Waals surface area contributed by atoms with E-state index in [-0.39, 0.29) is 0 Å². The second-order valence-corrected chi connectivity index (χ2v) is 1.91. The van der Waals surface area contributed by atoms with Crippen molar-refractivity contribution in [3.8, 4) is 12.3 Å². The summed E-state index contributed by atoms with van der Waals surface area (Å²) in [5.74, 6) is 0. The molecule has 10 heavy (non-hydrogen) atoms. The molecule has 54 valence electrons. The molecule has 0 aromatic rings. The highest BCUT2D eigenvalue weighted by atomic mass is 16.5. The van der Waals surface area contributed by atoms with E-state index >= 15 is 0 Å². The fourth-order valence-corrected chi connectivity index (χ4v) is 0.601. The number of unbranched alkanes of at least 4 members (excludes halogenated alkanes) is 3. The van der Waals surface area contributed by atoms with Crippen molar-refractivity contribution in [3.05, 3.63) is 0 Å². The molecule has 0 unspecified atom stereocenters. The van der Waals surface area contributed by atoms with Gasteiger partial charge in [-0.1, -0.05) is 0 Å². The second kappa shape index (κ2) is 7.78. The van der Waals surface area contributed by atoms with Gasteiger partial charge in [-0.2, -0.15) is 10.5 Å². The normalized spacial score (nSPS) is 7.80. The maximum atomic E-state index is 8.14. The van der Waals surface area contributed by atoms with Gasteiger partial charge in [0.1, 0.15) is 6.61 Å². The van der Waals surface area contributed by atoms with E-state index in [0.29, 0.717) is 13.0 Å². The molecule has 0 aliphatic carbocycles. The third-order valence-corrected chi connectivity index (χ3v) is 1.10. The van der Waals surface area contributed by atoms with Crippen LogP contribution in [0.4, 0.5) is 0 Å². The van der Waals surface area contributed by atoms with Gasteiger partial charge in [0.05, 0.1) is 6.07 Å². The third-order valence-electron chi connectivity index (χ3n) is 1.10. The molecule has 0 rings (SSSR count). The average molecular weight is 138 g/mol. The molecule has 0 aromatic carbocycles. The Labute approximate surface area is 60.8 Å². The van der Waals surface area contributed by atoms with Crippen LogP contribution in [-0.2, 0) is 4.74 Å². The number of hydrogen-bond donors (Lipinski definition) is 0. The molecule has 0 amide bonds. The standard InChI is InChI=1S/C7H10N2O/c8-5-3-1-2-4-6-10-7-9/h1-4,6H2. The molecular weight excluding hydrogens is 128 g/mol.